The van der Waals surface area contributed by atoms with Gasteiger partial charge in [0, 0.05) is 30.6 Å². The van der Waals surface area contributed by atoms with Crippen molar-refractivity contribution in [2.24, 2.45) is 0 Å². The van der Waals surface area contributed by atoms with E-state index in [1.165, 1.54) is 17.5 Å². The van der Waals surface area contributed by atoms with Crippen molar-refractivity contribution in [3.63, 3.8) is 0 Å². The number of carbonyl (C=O) groups excluding carboxylic acids is 2. The molecule has 0 saturated heterocycles. The number of H-pyrrole nitrogens is 1. The first-order valence-corrected chi connectivity index (χ1v) is 10.1. The molecule has 0 spiro atoms. The number of amides is 2. The van der Waals surface area contributed by atoms with Crippen molar-refractivity contribution in [1.29, 1.82) is 0 Å². The zero-order valence-corrected chi connectivity index (χ0v) is 16.8. The third-order valence-corrected chi connectivity index (χ3v) is 5.77. The topological polar surface area (TPSA) is 103 Å². The van der Waals surface area contributed by atoms with E-state index in [1.807, 2.05) is 0 Å². The van der Waals surface area contributed by atoms with E-state index in [2.05, 4.69) is 37.6 Å². The Hall–Kier alpha value is -3.18. The van der Waals surface area contributed by atoms with Crippen molar-refractivity contribution in [2.45, 2.75) is 19.9 Å². The molecule has 1 aromatic carbocycles. The number of rotatable bonds is 5. The molecule has 3 aromatic rings. The number of aromatic nitrogens is 3. The molecular formula is C19H18F2N6O2S. The van der Waals surface area contributed by atoms with E-state index >= 15 is 0 Å². The number of nitrogens with one attached hydrogen (secondary N) is 3. The van der Waals surface area contributed by atoms with Crippen LogP contribution in [0.3, 0.4) is 0 Å². The fourth-order valence-electron chi connectivity index (χ4n) is 3.19. The van der Waals surface area contributed by atoms with Crippen LogP contribution in [-0.2, 0) is 13.0 Å². The van der Waals surface area contributed by atoms with Crippen LogP contribution in [0.2, 0.25) is 0 Å². The van der Waals surface area contributed by atoms with Crippen LogP contribution in [0.5, 0.6) is 0 Å². The summed E-state index contributed by atoms with van der Waals surface area (Å²) >= 11 is 1.39. The van der Waals surface area contributed by atoms with E-state index in [0.717, 1.165) is 54.8 Å². The van der Waals surface area contributed by atoms with Gasteiger partial charge in [0.1, 0.15) is 17.2 Å². The van der Waals surface area contributed by atoms with Crippen LogP contribution >= 0.6 is 11.3 Å². The smallest absolute Gasteiger partial charge is 0.280 e. The van der Waals surface area contributed by atoms with Crippen LogP contribution in [0.15, 0.2) is 24.4 Å². The maximum atomic E-state index is 13.8. The van der Waals surface area contributed by atoms with Crippen LogP contribution in [0.4, 0.5) is 19.6 Å². The lowest BCUT2D eigenvalue weighted by molar-refractivity contribution is 0.101. The maximum Gasteiger partial charge on any atom is 0.280 e. The summed E-state index contributed by atoms with van der Waals surface area (Å²) in [6, 6.07) is 3.11. The van der Waals surface area contributed by atoms with Gasteiger partial charge in [-0.1, -0.05) is 13.0 Å². The summed E-state index contributed by atoms with van der Waals surface area (Å²) in [5.41, 5.74) is 0.103. The van der Waals surface area contributed by atoms with E-state index in [0.29, 0.717) is 5.13 Å². The Morgan fingerprint density at radius 1 is 1.23 bits per heavy atom. The minimum Gasteiger partial charge on any atom is -0.318 e. The van der Waals surface area contributed by atoms with Gasteiger partial charge in [0.25, 0.3) is 11.8 Å². The van der Waals surface area contributed by atoms with Crippen molar-refractivity contribution in [3.05, 3.63) is 57.9 Å². The highest BCUT2D eigenvalue weighted by Crippen LogP contribution is 2.29. The van der Waals surface area contributed by atoms with Gasteiger partial charge in [0.05, 0.1) is 11.4 Å². The Kier molecular flexibility index (Phi) is 5.55. The number of halogens is 2. The molecule has 1 aliphatic rings. The minimum atomic E-state index is -1.02. The molecule has 11 heteroatoms. The summed E-state index contributed by atoms with van der Waals surface area (Å²) in [7, 11) is 0. The SMILES string of the molecule is CCN1CCc2nc(NC(=O)c3n[nH]cc3NC(=O)c3c(F)cccc3F)sc2C1. The first-order chi connectivity index (χ1) is 14.5. The monoisotopic (exact) mass is 432 g/mol. The van der Waals surface area contributed by atoms with Crippen molar-refractivity contribution in [1.82, 2.24) is 20.1 Å². The number of aromatic amines is 1. The molecule has 3 heterocycles. The van der Waals surface area contributed by atoms with Crippen LogP contribution in [0, 0.1) is 11.6 Å². The third-order valence-electron chi connectivity index (χ3n) is 4.77. The Morgan fingerprint density at radius 2 is 2.00 bits per heavy atom. The minimum absolute atomic E-state index is 0.00127. The molecule has 8 nitrogen and oxygen atoms in total. The van der Waals surface area contributed by atoms with Gasteiger partial charge in [0.2, 0.25) is 0 Å². The maximum absolute atomic E-state index is 13.8. The fraction of sp³-hybridized carbons (Fsp3) is 0.263. The molecule has 4 rings (SSSR count). The number of benzene rings is 1. The van der Waals surface area contributed by atoms with Gasteiger partial charge in [-0.3, -0.25) is 24.9 Å². The quantitative estimate of drug-likeness (QED) is 0.575. The summed E-state index contributed by atoms with van der Waals surface area (Å²) in [4.78, 5) is 32.8. The molecule has 0 aliphatic carbocycles. The van der Waals surface area contributed by atoms with Gasteiger partial charge >= 0.3 is 0 Å². The largest absolute Gasteiger partial charge is 0.318 e. The van der Waals surface area contributed by atoms with Crippen LogP contribution < -0.4 is 10.6 Å². The fourth-order valence-corrected chi connectivity index (χ4v) is 4.23. The van der Waals surface area contributed by atoms with Gasteiger partial charge in [-0.05, 0) is 18.7 Å². The molecular weight excluding hydrogens is 414 g/mol. The average Bonchev–Trinajstić information content (AvgIpc) is 3.33. The first-order valence-electron chi connectivity index (χ1n) is 9.27. The molecule has 0 atom stereocenters. The molecule has 0 fully saturated rings. The summed E-state index contributed by atoms with van der Waals surface area (Å²) in [5.74, 6) is -3.63. The number of fused-ring (bicyclic) bond motifs is 1. The molecule has 156 valence electrons. The zero-order chi connectivity index (χ0) is 21.3. The highest BCUT2D eigenvalue weighted by molar-refractivity contribution is 7.15. The van der Waals surface area contributed by atoms with Gasteiger partial charge in [-0.15, -0.1) is 11.3 Å². The highest BCUT2D eigenvalue weighted by atomic mass is 32.1. The number of hydrogen-bond acceptors (Lipinski definition) is 6. The second kappa shape index (κ2) is 8.28. The lowest BCUT2D eigenvalue weighted by Crippen LogP contribution is -2.29. The molecule has 1 aliphatic heterocycles. The number of anilines is 2. The highest BCUT2D eigenvalue weighted by Gasteiger charge is 2.24. The summed E-state index contributed by atoms with van der Waals surface area (Å²) in [6.45, 7) is 4.74. The van der Waals surface area contributed by atoms with Gasteiger partial charge < -0.3 is 5.32 Å². The zero-order valence-electron chi connectivity index (χ0n) is 16.0. The lowest BCUT2D eigenvalue weighted by atomic mass is 10.2. The molecule has 0 saturated carbocycles. The van der Waals surface area contributed by atoms with E-state index in [-0.39, 0.29) is 11.4 Å². The Labute approximate surface area is 174 Å². The molecule has 2 amide bonds. The summed E-state index contributed by atoms with van der Waals surface area (Å²) in [5, 5.41) is 11.7. The molecule has 0 bridgehead atoms. The Balaban J connectivity index is 1.49. The molecule has 0 unspecified atom stereocenters. The van der Waals surface area contributed by atoms with E-state index in [4.69, 9.17) is 0 Å². The van der Waals surface area contributed by atoms with Crippen molar-refractivity contribution in [3.8, 4) is 0 Å². The van der Waals surface area contributed by atoms with Crippen molar-refractivity contribution in [2.75, 3.05) is 23.7 Å². The third kappa shape index (κ3) is 3.94. The average molecular weight is 432 g/mol. The first kappa shape index (κ1) is 20.1. The van der Waals surface area contributed by atoms with Crippen LogP contribution in [0.1, 0.15) is 38.3 Å². The molecule has 3 N–H and O–H groups in total. The second-order valence-electron chi connectivity index (χ2n) is 6.66. The van der Waals surface area contributed by atoms with E-state index < -0.39 is 29.0 Å². The van der Waals surface area contributed by atoms with Crippen LogP contribution in [0.25, 0.3) is 0 Å². The van der Waals surface area contributed by atoms with Gasteiger partial charge in [-0.2, -0.15) is 5.10 Å². The number of nitrogens with zero attached hydrogens (tertiary/aromatic N) is 3. The normalized spacial score (nSPS) is 13.7. The van der Waals surface area contributed by atoms with Gasteiger partial charge in [-0.25, -0.2) is 13.8 Å². The Morgan fingerprint density at radius 3 is 2.73 bits per heavy atom. The predicted molar refractivity (Wildman–Crippen MR) is 108 cm³/mol. The van der Waals surface area contributed by atoms with Crippen molar-refractivity contribution < 1.29 is 18.4 Å². The van der Waals surface area contributed by atoms with Crippen molar-refractivity contribution >= 4 is 34.0 Å². The lowest BCUT2D eigenvalue weighted by Gasteiger charge is -2.23. The standard InChI is InChI=1S/C19H18F2N6O2S/c1-2-27-7-6-12-14(9-27)30-19(24-12)25-18(29)16-13(8-22-26-16)23-17(28)15-10(20)4-3-5-11(15)21/h3-5,8H,2,6-7,9H2,1H3,(H,22,26)(H,23,28)(H,24,25,29). The number of thiazole rings is 1. The summed E-state index contributed by atoms with van der Waals surface area (Å²) in [6.07, 6.45) is 2.07. The van der Waals surface area contributed by atoms with E-state index in [9.17, 15) is 18.4 Å². The molecule has 2 aromatic heterocycles. The Bertz CT molecular complexity index is 1090. The van der Waals surface area contributed by atoms with E-state index in [1.54, 1.807) is 0 Å². The van der Waals surface area contributed by atoms with Crippen LogP contribution in [-0.4, -0.2) is 45.0 Å². The number of carbonyl (C=O) groups is 2. The molecule has 0 radical (unpaired) electrons. The predicted octanol–water partition coefficient (Wildman–Crippen LogP) is 3.03. The van der Waals surface area contributed by atoms with Gasteiger partial charge in [0.15, 0.2) is 10.8 Å². The number of hydrogen-bond donors (Lipinski definition) is 3. The number of likely N-dealkylation sites (N-methyl/N-ethyl adjacent to an activating group) is 1. The summed E-state index contributed by atoms with van der Waals surface area (Å²) < 4.78 is 27.7. The second-order valence-corrected chi connectivity index (χ2v) is 7.74. The molecule has 30 heavy (non-hydrogen) atoms.